The summed E-state index contributed by atoms with van der Waals surface area (Å²) < 4.78 is 0. The lowest BCUT2D eigenvalue weighted by Gasteiger charge is -1.86. The summed E-state index contributed by atoms with van der Waals surface area (Å²) in [6.45, 7) is 4.46. The summed E-state index contributed by atoms with van der Waals surface area (Å²) in [6.07, 6.45) is 8.15. The third-order valence-corrected chi connectivity index (χ3v) is 1.14. The highest BCUT2D eigenvalue weighted by molar-refractivity contribution is 5.32. The van der Waals surface area contributed by atoms with E-state index in [-0.39, 0.29) is 0 Å². The number of unbranched alkanes of at least 4 members (excludes halogenated alkanes) is 3. The maximum atomic E-state index is 8.88. The Morgan fingerprint density at radius 2 is 1.07 bits per heavy atom. The minimum atomic E-state index is 1.31. The van der Waals surface area contributed by atoms with Gasteiger partial charge in [0.1, 0.15) is 0 Å². The molecule has 0 aromatic heterocycles. The number of rotatable bonds is 3. The molecule has 0 atom stereocenters. The first-order valence-electron chi connectivity index (χ1n) is 4.66. The van der Waals surface area contributed by atoms with Gasteiger partial charge in [-0.2, -0.15) is 0 Å². The molecule has 0 aliphatic rings. The van der Waals surface area contributed by atoms with Gasteiger partial charge >= 0.3 is 0 Å². The molecule has 0 unspecified atom stereocenters. The van der Waals surface area contributed by atoms with Crippen molar-refractivity contribution in [2.75, 3.05) is 14.1 Å². The van der Waals surface area contributed by atoms with Crippen LogP contribution in [-0.4, -0.2) is 26.3 Å². The molecule has 0 rings (SSSR count). The first-order valence-corrected chi connectivity index (χ1v) is 4.66. The van der Waals surface area contributed by atoms with Gasteiger partial charge in [-0.05, 0) is 0 Å². The number of carbonyl (C=O) groups excluding carboxylic acids is 2. The third-order valence-electron chi connectivity index (χ3n) is 1.14. The highest BCUT2D eigenvalue weighted by Gasteiger charge is 1.75. The van der Waals surface area contributed by atoms with Gasteiger partial charge in [0.05, 0.1) is 0 Å². The topological polar surface area (TPSA) is 58.9 Å². The first kappa shape index (κ1) is 18.5. The predicted molar refractivity (Wildman–Crippen MR) is 57.9 cm³/mol. The summed E-state index contributed by atoms with van der Waals surface area (Å²) in [5.74, 6) is 0. The SMILES string of the molecule is CCCCCC.CN=C=O.CN=C=O. The predicted octanol–water partition coefficient (Wildman–Crippen LogP) is 2.49. The summed E-state index contributed by atoms with van der Waals surface area (Å²) >= 11 is 0. The highest BCUT2D eigenvalue weighted by atomic mass is 16.1. The smallest absolute Gasteiger partial charge is 0.211 e. The molecule has 0 aliphatic carbocycles. The molecule has 0 bridgehead atoms. The normalized spacial score (nSPS) is 6.29. The molecule has 0 amide bonds. The lowest BCUT2D eigenvalue weighted by molar-refractivity contribution is 0.564. The summed E-state index contributed by atoms with van der Waals surface area (Å²) in [4.78, 5) is 23.6. The number of aliphatic imine (C=N–C) groups is 2. The van der Waals surface area contributed by atoms with Crippen LogP contribution in [0.5, 0.6) is 0 Å². The molecule has 0 saturated carbocycles. The fourth-order valence-electron chi connectivity index (χ4n) is 0.500. The van der Waals surface area contributed by atoms with E-state index in [1.54, 1.807) is 0 Å². The van der Waals surface area contributed by atoms with Crippen molar-refractivity contribution in [3.63, 3.8) is 0 Å². The van der Waals surface area contributed by atoms with Crippen molar-refractivity contribution in [2.45, 2.75) is 39.5 Å². The largest absolute Gasteiger partial charge is 0.234 e. The number of hydrogen-bond donors (Lipinski definition) is 0. The molecule has 4 heteroatoms. The average molecular weight is 200 g/mol. The molecule has 82 valence electrons. The van der Waals surface area contributed by atoms with E-state index in [9.17, 15) is 0 Å². The second-order valence-corrected chi connectivity index (χ2v) is 2.34. The Balaban J connectivity index is -0.000000135. The minimum absolute atomic E-state index is 1.31. The van der Waals surface area contributed by atoms with Gasteiger partial charge in [0, 0.05) is 14.1 Å². The molecule has 0 N–H and O–H groups in total. The Morgan fingerprint density at radius 1 is 0.857 bits per heavy atom. The quantitative estimate of drug-likeness (QED) is 0.399. The average Bonchev–Trinajstić information content (AvgIpc) is 2.27. The summed E-state index contributed by atoms with van der Waals surface area (Å²) in [5.41, 5.74) is 0. The van der Waals surface area contributed by atoms with Gasteiger partial charge in [-0.15, -0.1) is 0 Å². The molecule has 0 spiro atoms. The third kappa shape index (κ3) is 72.5. The van der Waals surface area contributed by atoms with Crippen molar-refractivity contribution >= 4 is 12.2 Å². The molecule has 0 fully saturated rings. The minimum Gasteiger partial charge on any atom is -0.211 e. The van der Waals surface area contributed by atoms with Crippen molar-refractivity contribution in [3.8, 4) is 0 Å². The standard InChI is InChI=1S/C6H14.2C2H3NO/c1-3-5-6-4-2;2*1-3-2-4/h3-6H2,1-2H3;2*1H3. The molecule has 0 radical (unpaired) electrons. The molecule has 0 heterocycles. The van der Waals surface area contributed by atoms with Crippen molar-refractivity contribution in [2.24, 2.45) is 9.98 Å². The Labute approximate surface area is 86.1 Å². The van der Waals surface area contributed by atoms with Crippen LogP contribution < -0.4 is 0 Å². The van der Waals surface area contributed by atoms with E-state index in [1.165, 1.54) is 51.9 Å². The van der Waals surface area contributed by atoms with E-state index in [4.69, 9.17) is 9.59 Å². The molecular formula is C10H20N2O2. The zero-order valence-electron chi connectivity index (χ0n) is 9.54. The van der Waals surface area contributed by atoms with Gasteiger partial charge in [0.15, 0.2) is 0 Å². The van der Waals surface area contributed by atoms with Crippen LogP contribution in [0.4, 0.5) is 0 Å². The van der Waals surface area contributed by atoms with Crippen LogP contribution in [0, 0.1) is 0 Å². The number of isocyanates is 2. The van der Waals surface area contributed by atoms with Crippen LogP contribution in [0.2, 0.25) is 0 Å². The van der Waals surface area contributed by atoms with Crippen LogP contribution in [0.1, 0.15) is 39.5 Å². The van der Waals surface area contributed by atoms with Gasteiger partial charge in [0.25, 0.3) is 0 Å². The zero-order chi connectivity index (χ0) is 11.7. The van der Waals surface area contributed by atoms with Gasteiger partial charge in [0.2, 0.25) is 12.2 Å². The Hall–Kier alpha value is -1.24. The van der Waals surface area contributed by atoms with E-state index in [1.807, 2.05) is 0 Å². The lowest BCUT2D eigenvalue weighted by atomic mass is 10.2. The lowest BCUT2D eigenvalue weighted by Crippen LogP contribution is -1.66. The van der Waals surface area contributed by atoms with Crippen LogP contribution >= 0.6 is 0 Å². The van der Waals surface area contributed by atoms with Crippen LogP contribution in [-0.2, 0) is 9.59 Å². The molecular weight excluding hydrogens is 180 g/mol. The Kier molecular flexibility index (Phi) is 39.4. The van der Waals surface area contributed by atoms with Crippen molar-refractivity contribution in [3.05, 3.63) is 0 Å². The zero-order valence-corrected chi connectivity index (χ0v) is 9.54. The van der Waals surface area contributed by atoms with Gasteiger partial charge in [-0.25, -0.2) is 19.6 Å². The summed E-state index contributed by atoms with van der Waals surface area (Å²) in [7, 11) is 2.76. The Bertz CT molecular complexity index is 149. The molecule has 4 nitrogen and oxygen atoms in total. The second kappa shape index (κ2) is 29.8. The molecule has 0 saturated heterocycles. The second-order valence-electron chi connectivity index (χ2n) is 2.34. The van der Waals surface area contributed by atoms with Gasteiger partial charge in [-0.3, -0.25) is 0 Å². The van der Waals surface area contributed by atoms with Crippen molar-refractivity contribution in [1.29, 1.82) is 0 Å². The fraction of sp³-hybridized carbons (Fsp3) is 0.800. The number of nitrogens with zero attached hydrogens (tertiary/aromatic N) is 2. The number of hydrogen-bond acceptors (Lipinski definition) is 4. The summed E-state index contributed by atoms with van der Waals surface area (Å²) in [6, 6.07) is 0. The molecule has 0 aromatic carbocycles. The Morgan fingerprint density at radius 3 is 1.14 bits per heavy atom. The summed E-state index contributed by atoms with van der Waals surface area (Å²) in [5, 5.41) is 0. The van der Waals surface area contributed by atoms with Gasteiger partial charge in [-0.1, -0.05) is 39.5 Å². The molecule has 0 aliphatic heterocycles. The first-order chi connectivity index (χ1) is 6.74. The van der Waals surface area contributed by atoms with E-state index >= 15 is 0 Å². The highest BCUT2D eigenvalue weighted by Crippen LogP contribution is 1.95. The maximum Gasteiger partial charge on any atom is 0.234 e. The molecule has 14 heavy (non-hydrogen) atoms. The van der Waals surface area contributed by atoms with E-state index in [0.29, 0.717) is 0 Å². The van der Waals surface area contributed by atoms with Gasteiger partial charge < -0.3 is 0 Å². The van der Waals surface area contributed by atoms with E-state index < -0.39 is 0 Å². The van der Waals surface area contributed by atoms with Crippen LogP contribution in [0.3, 0.4) is 0 Å². The van der Waals surface area contributed by atoms with Crippen LogP contribution in [0.15, 0.2) is 9.98 Å². The fourth-order valence-corrected chi connectivity index (χ4v) is 0.500. The maximum absolute atomic E-state index is 8.88. The van der Waals surface area contributed by atoms with E-state index in [0.717, 1.165) is 0 Å². The van der Waals surface area contributed by atoms with E-state index in [2.05, 4.69) is 23.8 Å². The molecule has 0 aromatic rings. The van der Waals surface area contributed by atoms with Crippen molar-refractivity contribution < 1.29 is 9.59 Å². The van der Waals surface area contributed by atoms with Crippen molar-refractivity contribution in [1.82, 2.24) is 0 Å². The monoisotopic (exact) mass is 200 g/mol. The van der Waals surface area contributed by atoms with Crippen LogP contribution in [0.25, 0.3) is 0 Å².